The standard InChI is InChI=1S/C17H20FN3O2/c18-15-3-1-2-14(8-15)9-17(13-22)12-21(6-7-23-17)11-16-10-19-4-5-20-16/h1-5,8,10,22H,6-7,9,11-13H2. The first-order chi connectivity index (χ1) is 11.2. The van der Waals surface area contributed by atoms with Crippen molar-refractivity contribution >= 4 is 0 Å². The van der Waals surface area contributed by atoms with Crippen molar-refractivity contribution in [3.05, 3.63) is 59.9 Å². The number of hydrogen-bond donors (Lipinski definition) is 1. The van der Waals surface area contributed by atoms with Crippen LogP contribution in [0.25, 0.3) is 0 Å². The van der Waals surface area contributed by atoms with Crippen molar-refractivity contribution < 1.29 is 14.2 Å². The van der Waals surface area contributed by atoms with Crippen molar-refractivity contribution in [2.45, 2.75) is 18.6 Å². The van der Waals surface area contributed by atoms with Crippen molar-refractivity contribution in [3.63, 3.8) is 0 Å². The molecular formula is C17H20FN3O2. The number of ether oxygens (including phenoxy) is 1. The molecule has 1 unspecified atom stereocenters. The normalized spacial score (nSPS) is 22.2. The number of aliphatic hydroxyl groups is 1. The zero-order valence-electron chi connectivity index (χ0n) is 12.9. The Kier molecular flexibility index (Phi) is 4.95. The number of aromatic nitrogens is 2. The number of benzene rings is 1. The minimum Gasteiger partial charge on any atom is -0.393 e. The average Bonchev–Trinajstić information content (AvgIpc) is 2.56. The lowest BCUT2D eigenvalue weighted by Gasteiger charge is -2.41. The molecule has 1 aromatic carbocycles. The molecule has 23 heavy (non-hydrogen) atoms. The molecule has 2 heterocycles. The fraction of sp³-hybridized carbons (Fsp3) is 0.412. The second-order valence-corrected chi connectivity index (χ2v) is 5.90. The topological polar surface area (TPSA) is 58.5 Å². The highest BCUT2D eigenvalue weighted by molar-refractivity contribution is 5.19. The zero-order valence-corrected chi connectivity index (χ0v) is 12.9. The van der Waals surface area contributed by atoms with Crippen LogP contribution in [-0.4, -0.2) is 51.9 Å². The molecule has 0 saturated carbocycles. The summed E-state index contributed by atoms with van der Waals surface area (Å²) < 4.78 is 19.3. The van der Waals surface area contributed by atoms with Gasteiger partial charge in [-0.15, -0.1) is 0 Å². The van der Waals surface area contributed by atoms with Gasteiger partial charge in [-0.2, -0.15) is 0 Å². The van der Waals surface area contributed by atoms with Crippen LogP contribution in [0.15, 0.2) is 42.9 Å². The van der Waals surface area contributed by atoms with Crippen LogP contribution in [0.4, 0.5) is 4.39 Å². The third kappa shape index (κ3) is 4.10. The summed E-state index contributed by atoms with van der Waals surface area (Å²) in [5.41, 5.74) is 0.987. The number of hydrogen-bond acceptors (Lipinski definition) is 5. The Hall–Kier alpha value is -1.89. The third-order valence-electron chi connectivity index (χ3n) is 4.03. The van der Waals surface area contributed by atoms with Gasteiger partial charge in [0, 0.05) is 44.6 Å². The Bertz CT molecular complexity index is 641. The molecule has 5 nitrogen and oxygen atoms in total. The molecule has 6 heteroatoms. The van der Waals surface area contributed by atoms with Crippen LogP contribution in [0, 0.1) is 5.82 Å². The van der Waals surface area contributed by atoms with Gasteiger partial charge in [-0.3, -0.25) is 14.9 Å². The first-order valence-corrected chi connectivity index (χ1v) is 7.66. The molecule has 122 valence electrons. The molecule has 0 aliphatic carbocycles. The quantitative estimate of drug-likeness (QED) is 0.904. The predicted octanol–water partition coefficient (Wildman–Crippen LogP) is 1.42. The Balaban J connectivity index is 1.71. The highest BCUT2D eigenvalue weighted by Crippen LogP contribution is 2.24. The molecule has 1 fully saturated rings. The van der Waals surface area contributed by atoms with Gasteiger partial charge < -0.3 is 9.84 Å². The van der Waals surface area contributed by atoms with E-state index in [4.69, 9.17) is 4.74 Å². The lowest BCUT2D eigenvalue weighted by molar-refractivity contribution is -0.134. The Morgan fingerprint density at radius 2 is 2.26 bits per heavy atom. The van der Waals surface area contributed by atoms with Gasteiger partial charge in [0.25, 0.3) is 0 Å². The SMILES string of the molecule is OCC1(Cc2cccc(F)c2)CN(Cc2cnccn2)CCO1. The summed E-state index contributed by atoms with van der Waals surface area (Å²) in [6.07, 6.45) is 5.52. The monoisotopic (exact) mass is 317 g/mol. The van der Waals surface area contributed by atoms with Gasteiger partial charge in [-0.1, -0.05) is 12.1 Å². The van der Waals surface area contributed by atoms with E-state index in [2.05, 4.69) is 14.9 Å². The second kappa shape index (κ2) is 7.12. The maximum absolute atomic E-state index is 13.4. The highest BCUT2D eigenvalue weighted by atomic mass is 19.1. The van der Waals surface area contributed by atoms with Crippen molar-refractivity contribution in [1.82, 2.24) is 14.9 Å². The van der Waals surface area contributed by atoms with E-state index in [9.17, 15) is 9.50 Å². The molecule has 1 aliphatic rings. The maximum atomic E-state index is 13.4. The van der Waals surface area contributed by atoms with E-state index < -0.39 is 5.60 Å². The predicted molar refractivity (Wildman–Crippen MR) is 83.2 cm³/mol. The van der Waals surface area contributed by atoms with Crippen LogP contribution < -0.4 is 0 Å². The minimum absolute atomic E-state index is 0.111. The van der Waals surface area contributed by atoms with Crippen LogP contribution in [0.3, 0.4) is 0 Å². The maximum Gasteiger partial charge on any atom is 0.123 e. The summed E-state index contributed by atoms with van der Waals surface area (Å²) in [5, 5.41) is 9.88. The molecule has 1 aliphatic heterocycles. The van der Waals surface area contributed by atoms with E-state index in [0.29, 0.717) is 26.1 Å². The van der Waals surface area contributed by atoms with Crippen molar-refractivity contribution in [2.24, 2.45) is 0 Å². The molecule has 1 aromatic heterocycles. The van der Waals surface area contributed by atoms with Gasteiger partial charge >= 0.3 is 0 Å². The average molecular weight is 317 g/mol. The molecular weight excluding hydrogens is 297 g/mol. The summed E-state index contributed by atoms with van der Waals surface area (Å²) in [7, 11) is 0. The van der Waals surface area contributed by atoms with E-state index in [1.54, 1.807) is 24.7 Å². The molecule has 1 N–H and O–H groups in total. The molecule has 1 atom stereocenters. The molecule has 0 radical (unpaired) electrons. The van der Waals surface area contributed by atoms with Crippen LogP contribution in [0.2, 0.25) is 0 Å². The second-order valence-electron chi connectivity index (χ2n) is 5.90. The molecule has 3 rings (SSSR count). The van der Waals surface area contributed by atoms with Gasteiger partial charge in [-0.25, -0.2) is 4.39 Å². The van der Waals surface area contributed by atoms with Crippen LogP contribution in [-0.2, 0) is 17.7 Å². The summed E-state index contributed by atoms with van der Waals surface area (Å²) in [5.74, 6) is -0.275. The smallest absolute Gasteiger partial charge is 0.123 e. The van der Waals surface area contributed by atoms with Gasteiger partial charge in [0.1, 0.15) is 11.4 Å². The van der Waals surface area contributed by atoms with E-state index in [0.717, 1.165) is 17.8 Å². The van der Waals surface area contributed by atoms with Crippen molar-refractivity contribution in [1.29, 1.82) is 0 Å². The first kappa shape index (κ1) is 16.0. The van der Waals surface area contributed by atoms with Gasteiger partial charge in [0.2, 0.25) is 0 Å². The fourth-order valence-electron chi connectivity index (χ4n) is 2.98. The molecule has 0 spiro atoms. The molecule has 2 aromatic rings. The van der Waals surface area contributed by atoms with Gasteiger partial charge in [0.05, 0.1) is 18.9 Å². The molecule has 0 amide bonds. The Morgan fingerprint density at radius 1 is 1.35 bits per heavy atom. The summed E-state index contributed by atoms with van der Waals surface area (Å²) in [4.78, 5) is 10.5. The number of rotatable bonds is 5. The largest absolute Gasteiger partial charge is 0.393 e. The minimum atomic E-state index is -0.714. The lowest BCUT2D eigenvalue weighted by atomic mass is 9.93. The van der Waals surface area contributed by atoms with E-state index in [-0.39, 0.29) is 12.4 Å². The van der Waals surface area contributed by atoms with E-state index >= 15 is 0 Å². The van der Waals surface area contributed by atoms with Gasteiger partial charge in [0.15, 0.2) is 0 Å². The van der Waals surface area contributed by atoms with Crippen LogP contribution in [0.5, 0.6) is 0 Å². The van der Waals surface area contributed by atoms with Crippen molar-refractivity contribution in [3.8, 4) is 0 Å². The fourth-order valence-corrected chi connectivity index (χ4v) is 2.98. The van der Waals surface area contributed by atoms with Crippen molar-refractivity contribution in [2.75, 3.05) is 26.3 Å². The third-order valence-corrected chi connectivity index (χ3v) is 4.03. The van der Waals surface area contributed by atoms with Crippen LogP contribution in [0.1, 0.15) is 11.3 Å². The summed E-state index contributed by atoms with van der Waals surface area (Å²) in [6, 6.07) is 6.43. The lowest BCUT2D eigenvalue weighted by Crippen LogP contribution is -2.55. The Morgan fingerprint density at radius 3 is 3.00 bits per heavy atom. The summed E-state index contributed by atoms with van der Waals surface area (Å²) >= 11 is 0. The van der Waals surface area contributed by atoms with E-state index in [1.807, 2.05) is 6.07 Å². The number of halogens is 1. The zero-order chi connectivity index (χ0) is 16.1. The number of aliphatic hydroxyl groups excluding tert-OH is 1. The number of nitrogens with zero attached hydrogens (tertiary/aromatic N) is 3. The summed E-state index contributed by atoms with van der Waals surface area (Å²) in [6.45, 7) is 2.40. The number of morpholine rings is 1. The highest BCUT2D eigenvalue weighted by Gasteiger charge is 2.36. The molecule has 0 bridgehead atoms. The molecule has 1 saturated heterocycles. The first-order valence-electron chi connectivity index (χ1n) is 7.66. The van der Waals surface area contributed by atoms with Crippen LogP contribution >= 0.6 is 0 Å². The van der Waals surface area contributed by atoms with E-state index in [1.165, 1.54) is 12.1 Å². The Labute approximate surface area is 134 Å². The van der Waals surface area contributed by atoms with Gasteiger partial charge in [-0.05, 0) is 17.7 Å².